The third kappa shape index (κ3) is 2.19. The first-order valence-corrected chi connectivity index (χ1v) is 7.47. The molecule has 2 aromatic heterocycles. The molecule has 1 saturated carbocycles. The van der Waals surface area contributed by atoms with Crippen molar-refractivity contribution in [3.05, 3.63) is 16.2 Å². The smallest absolute Gasteiger partial charge is 0.225 e. The number of aromatic nitrogens is 2. The van der Waals surface area contributed by atoms with Gasteiger partial charge in [-0.3, -0.25) is 0 Å². The Bertz CT molecular complexity index is 587. The zero-order valence-electron chi connectivity index (χ0n) is 10.6. The van der Waals surface area contributed by atoms with E-state index in [2.05, 4.69) is 35.2 Å². The Kier molecular flexibility index (Phi) is 2.94. The highest BCUT2D eigenvalue weighted by Crippen LogP contribution is 2.36. The van der Waals surface area contributed by atoms with Crippen molar-refractivity contribution in [3.63, 3.8) is 0 Å². The van der Waals surface area contributed by atoms with Crippen LogP contribution in [0.15, 0.2) is 6.07 Å². The lowest BCUT2D eigenvalue weighted by atomic mass is 10.0. The third-order valence-corrected chi connectivity index (χ3v) is 4.73. The summed E-state index contributed by atoms with van der Waals surface area (Å²) in [7, 11) is 0. The van der Waals surface area contributed by atoms with E-state index in [0.29, 0.717) is 5.28 Å². The van der Waals surface area contributed by atoms with Gasteiger partial charge in [0.2, 0.25) is 5.28 Å². The Morgan fingerprint density at radius 3 is 2.78 bits per heavy atom. The molecule has 18 heavy (non-hydrogen) atoms. The summed E-state index contributed by atoms with van der Waals surface area (Å²) in [6, 6.07) is 2.14. The van der Waals surface area contributed by atoms with E-state index in [1.54, 1.807) is 11.3 Å². The largest absolute Gasteiger partial charge is 0.364 e. The maximum atomic E-state index is 6.01. The second kappa shape index (κ2) is 4.35. The van der Waals surface area contributed by atoms with Crippen LogP contribution < -0.4 is 5.32 Å². The molecule has 0 spiro atoms. The molecule has 1 aliphatic rings. The van der Waals surface area contributed by atoms with Gasteiger partial charge in [-0.1, -0.05) is 12.8 Å². The Hall–Kier alpha value is -0.870. The molecule has 0 bridgehead atoms. The minimum absolute atomic E-state index is 0.153. The summed E-state index contributed by atoms with van der Waals surface area (Å²) in [5.41, 5.74) is 0.153. The van der Waals surface area contributed by atoms with Gasteiger partial charge >= 0.3 is 0 Å². The van der Waals surface area contributed by atoms with Gasteiger partial charge in [-0.05, 0) is 44.4 Å². The molecule has 1 fully saturated rings. The number of rotatable bonds is 2. The van der Waals surface area contributed by atoms with Crippen molar-refractivity contribution < 1.29 is 0 Å². The maximum absolute atomic E-state index is 6.01. The summed E-state index contributed by atoms with van der Waals surface area (Å²) in [6.07, 6.45) is 4.96. The fraction of sp³-hybridized carbons (Fsp3) is 0.538. The first-order valence-electron chi connectivity index (χ1n) is 6.28. The van der Waals surface area contributed by atoms with Gasteiger partial charge in [-0.2, -0.15) is 0 Å². The van der Waals surface area contributed by atoms with E-state index < -0.39 is 0 Å². The fourth-order valence-corrected chi connectivity index (χ4v) is 3.78. The molecule has 96 valence electrons. The number of hydrogen-bond acceptors (Lipinski definition) is 4. The van der Waals surface area contributed by atoms with Crippen molar-refractivity contribution in [2.45, 2.75) is 45.1 Å². The standard InChI is InChI=1S/C13H16ClN3S/c1-8-7-9-10(15-12(14)16-11(9)18-8)17-13(2)5-3-4-6-13/h7H,3-6H2,1-2H3,(H,15,16,17). The van der Waals surface area contributed by atoms with Crippen LogP contribution in [0.5, 0.6) is 0 Å². The number of halogens is 1. The maximum Gasteiger partial charge on any atom is 0.225 e. The van der Waals surface area contributed by atoms with E-state index in [1.807, 2.05) is 0 Å². The van der Waals surface area contributed by atoms with E-state index in [9.17, 15) is 0 Å². The summed E-state index contributed by atoms with van der Waals surface area (Å²) in [6.45, 7) is 4.35. The third-order valence-electron chi connectivity index (χ3n) is 3.62. The second-order valence-electron chi connectivity index (χ2n) is 5.31. The van der Waals surface area contributed by atoms with E-state index in [-0.39, 0.29) is 5.54 Å². The highest BCUT2D eigenvalue weighted by molar-refractivity contribution is 7.18. The van der Waals surface area contributed by atoms with Gasteiger partial charge in [0.1, 0.15) is 10.6 Å². The van der Waals surface area contributed by atoms with Crippen molar-refractivity contribution in [3.8, 4) is 0 Å². The van der Waals surface area contributed by atoms with E-state index in [0.717, 1.165) is 16.0 Å². The van der Waals surface area contributed by atoms with Crippen molar-refractivity contribution in [2.24, 2.45) is 0 Å². The van der Waals surface area contributed by atoms with E-state index in [1.165, 1.54) is 30.6 Å². The number of thiophene rings is 1. The molecule has 3 nitrogen and oxygen atoms in total. The average molecular weight is 282 g/mol. The lowest BCUT2D eigenvalue weighted by Gasteiger charge is -2.26. The summed E-state index contributed by atoms with van der Waals surface area (Å²) in [4.78, 5) is 10.9. The van der Waals surface area contributed by atoms with Crippen LogP contribution in [0.4, 0.5) is 5.82 Å². The zero-order valence-corrected chi connectivity index (χ0v) is 12.2. The molecule has 2 heterocycles. The van der Waals surface area contributed by atoms with Crippen LogP contribution in [0.3, 0.4) is 0 Å². The first-order chi connectivity index (χ1) is 8.56. The highest BCUT2D eigenvalue weighted by atomic mass is 35.5. The van der Waals surface area contributed by atoms with Crippen LogP contribution >= 0.6 is 22.9 Å². The number of fused-ring (bicyclic) bond motifs is 1. The Morgan fingerprint density at radius 1 is 1.33 bits per heavy atom. The topological polar surface area (TPSA) is 37.8 Å². The highest BCUT2D eigenvalue weighted by Gasteiger charge is 2.29. The number of nitrogens with one attached hydrogen (secondary N) is 1. The summed E-state index contributed by atoms with van der Waals surface area (Å²) in [5.74, 6) is 0.888. The molecule has 1 N–H and O–H groups in total. The van der Waals surface area contributed by atoms with Crippen LogP contribution in [0.1, 0.15) is 37.5 Å². The summed E-state index contributed by atoms with van der Waals surface area (Å²) in [5, 5.41) is 5.01. The SMILES string of the molecule is Cc1cc2c(NC3(C)CCCC3)nc(Cl)nc2s1. The van der Waals surface area contributed by atoms with Crippen molar-refractivity contribution in [1.82, 2.24) is 9.97 Å². The molecule has 1 aliphatic carbocycles. The first kappa shape index (κ1) is 12.2. The van der Waals surface area contributed by atoms with Gasteiger partial charge in [0.15, 0.2) is 0 Å². The Balaban J connectivity index is 2.04. The average Bonchev–Trinajstić information content (AvgIpc) is 2.84. The van der Waals surface area contributed by atoms with E-state index >= 15 is 0 Å². The second-order valence-corrected chi connectivity index (χ2v) is 6.88. The lowest BCUT2D eigenvalue weighted by molar-refractivity contribution is 0.531. The molecule has 0 radical (unpaired) electrons. The number of aryl methyl sites for hydroxylation is 1. The molecule has 0 amide bonds. The molecular formula is C13H16ClN3S. The molecule has 2 aromatic rings. The van der Waals surface area contributed by atoms with Gasteiger partial charge in [0, 0.05) is 10.4 Å². The Morgan fingerprint density at radius 2 is 2.06 bits per heavy atom. The van der Waals surface area contributed by atoms with Gasteiger partial charge in [0.05, 0.1) is 5.39 Å². The molecular weight excluding hydrogens is 266 g/mol. The van der Waals surface area contributed by atoms with Gasteiger partial charge in [0.25, 0.3) is 0 Å². The summed E-state index contributed by atoms with van der Waals surface area (Å²) >= 11 is 7.67. The molecule has 0 aliphatic heterocycles. The Labute approximate surface area is 116 Å². The predicted octanol–water partition coefficient (Wildman–Crippen LogP) is 4.40. The van der Waals surface area contributed by atoms with Crippen molar-refractivity contribution in [2.75, 3.05) is 5.32 Å². The molecule has 3 rings (SSSR count). The monoisotopic (exact) mass is 281 g/mol. The van der Waals surface area contributed by atoms with Gasteiger partial charge < -0.3 is 5.32 Å². The molecule has 0 atom stereocenters. The van der Waals surface area contributed by atoms with Crippen LogP contribution in [-0.2, 0) is 0 Å². The molecule has 5 heteroatoms. The molecule has 0 aromatic carbocycles. The summed E-state index contributed by atoms with van der Waals surface area (Å²) < 4.78 is 0. The van der Waals surface area contributed by atoms with Gasteiger partial charge in [-0.25, -0.2) is 9.97 Å². The zero-order chi connectivity index (χ0) is 12.8. The molecule has 0 unspecified atom stereocenters. The minimum atomic E-state index is 0.153. The van der Waals surface area contributed by atoms with Crippen molar-refractivity contribution in [1.29, 1.82) is 0 Å². The number of nitrogens with zero attached hydrogens (tertiary/aromatic N) is 2. The van der Waals surface area contributed by atoms with Crippen LogP contribution in [-0.4, -0.2) is 15.5 Å². The van der Waals surface area contributed by atoms with Crippen LogP contribution in [0, 0.1) is 6.92 Å². The molecule has 0 saturated heterocycles. The normalized spacial score (nSPS) is 18.4. The number of anilines is 1. The lowest BCUT2D eigenvalue weighted by Crippen LogP contribution is -2.31. The van der Waals surface area contributed by atoms with Crippen molar-refractivity contribution >= 4 is 39.0 Å². The fourth-order valence-electron chi connectivity index (χ4n) is 2.68. The van der Waals surface area contributed by atoms with Crippen LogP contribution in [0.2, 0.25) is 5.28 Å². The van der Waals surface area contributed by atoms with E-state index in [4.69, 9.17) is 11.6 Å². The number of hydrogen-bond donors (Lipinski definition) is 1. The van der Waals surface area contributed by atoms with Crippen LogP contribution in [0.25, 0.3) is 10.2 Å². The quantitative estimate of drug-likeness (QED) is 0.829. The minimum Gasteiger partial charge on any atom is -0.364 e. The van der Waals surface area contributed by atoms with Gasteiger partial charge in [-0.15, -0.1) is 11.3 Å². The predicted molar refractivity (Wildman–Crippen MR) is 77.7 cm³/mol.